The van der Waals surface area contributed by atoms with Gasteiger partial charge in [0.1, 0.15) is 5.75 Å². The summed E-state index contributed by atoms with van der Waals surface area (Å²) in [5, 5.41) is 0. The van der Waals surface area contributed by atoms with Crippen LogP contribution in [0, 0.1) is 0 Å². The number of hydrogen-bond acceptors (Lipinski definition) is 3. The summed E-state index contributed by atoms with van der Waals surface area (Å²) < 4.78 is 5.08. The summed E-state index contributed by atoms with van der Waals surface area (Å²) in [7, 11) is 3.39. The van der Waals surface area contributed by atoms with Gasteiger partial charge < -0.3 is 15.4 Å². The molecule has 1 atom stereocenters. The van der Waals surface area contributed by atoms with Crippen LogP contribution in [0.3, 0.4) is 0 Å². The van der Waals surface area contributed by atoms with E-state index in [2.05, 4.69) is 6.92 Å². The first-order valence-electron chi connectivity index (χ1n) is 6.24. The zero-order chi connectivity index (χ0) is 13.5. The van der Waals surface area contributed by atoms with E-state index in [0.29, 0.717) is 6.42 Å². The Morgan fingerprint density at radius 1 is 1.39 bits per heavy atom. The average molecular weight is 250 g/mol. The third kappa shape index (κ3) is 4.04. The van der Waals surface area contributed by atoms with Crippen LogP contribution in [0.5, 0.6) is 5.75 Å². The van der Waals surface area contributed by atoms with Crippen LogP contribution < -0.4 is 15.4 Å². The number of benzene rings is 1. The largest absolute Gasteiger partial charge is 0.497 e. The van der Waals surface area contributed by atoms with Gasteiger partial charge >= 0.3 is 0 Å². The number of methoxy groups -OCH3 is 1. The molecule has 1 rings (SSSR count). The highest BCUT2D eigenvalue weighted by Gasteiger charge is 2.14. The van der Waals surface area contributed by atoms with Crippen molar-refractivity contribution in [2.24, 2.45) is 5.73 Å². The van der Waals surface area contributed by atoms with E-state index in [-0.39, 0.29) is 11.9 Å². The molecule has 0 radical (unpaired) electrons. The fourth-order valence-corrected chi connectivity index (χ4v) is 1.78. The Kier molecular flexibility index (Phi) is 5.65. The number of rotatable bonds is 6. The highest BCUT2D eigenvalue weighted by Crippen LogP contribution is 2.19. The van der Waals surface area contributed by atoms with Gasteiger partial charge in [-0.3, -0.25) is 4.79 Å². The van der Waals surface area contributed by atoms with Crippen molar-refractivity contribution in [2.75, 3.05) is 19.1 Å². The molecule has 18 heavy (non-hydrogen) atoms. The Labute approximate surface area is 109 Å². The van der Waals surface area contributed by atoms with Crippen LogP contribution in [0.1, 0.15) is 26.2 Å². The predicted octanol–water partition coefficient (Wildman–Crippen LogP) is 2.18. The highest BCUT2D eigenvalue weighted by atomic mass is 16.5. The van der Waals surface area contributed by atoms with E-state index < -0.39 is 0 Å². The first-order chi connectivity index (χ1) is 8.58. The normalized spacial score (nSPS) is 12.0. The van der Waals surface area contributed by atoms with Crippen LogP contribution in [0.25, 0.3) is 0 Å². The number of carbonyl (C=O) groups excluding carboxylic acids is 1. The van der Waals surface area contributed by atoms with Crippen LogP contribution in [-0.4, -0.2) is 26.1 Å². The first kappa shape index (κ1) is 14.5. The molecule has 0 aliphatic heterocycles. The topological polar surface area (TPSA) is 55.6 Å². The maximum absolute atomic E-state index is 12.0. The van der Waals surface area contributed by atoms with Gasteiger partial charge in [-0.25, -0.2) is 0 Å². The van der Waals surface area contributed by atoms with Gasteiger partial charge in [0.05, 0.1) is 7.11 Å². The molecule has 0 heterocycles. The zero-order valence-electron chi connectivity index (χ0n) is 11.3. The monoisotopic (exact) mass is 250 g/mol. The van der Waals surface area contributed by atoms with Gasteiger partial charge in [-0.15, -0.1) is 0 Å². The molecular weight excluding hydrogens is 228 g/mol. The number of anilines is 1. The van der Waals surface area contributed by atoms with Crippen LogP contribution in [0.2, 0.25) is 0 Å². The van der Waals surface area contributed by atoms with Gasteiger partial charge in [0, 0.05) is 25.2 Å². The van der Waals surface area contributed by atoms with Crippen molar-refractivity contribution in [1.82, 2.24) is 0 Å². The molecular formula is C14H22N2O2. The minimum absolute atomic E-state index is 0.0427. The number of nitrogens with zero attached hydrogens (tertiary/aromatic N) is 1. The van der Waals surface area contributed by atoms with Crippen molar-refractivity contribution in [1.29, 1.82) is 0 Å². The molecule has 0 bridgehead atoms. The molecule has 0 aliphatic carbocycles. The standard InChI is InChI=1S/C14H22N2O2/c1-4-5-11(15)10-14(17)16(2)12-6-8-13(18-3)9-7-12/h6-9,11H,4-5,10,15H2,1-3H3. The van der Waals surface area contributed by atoms with E-state index in [1.807, 2.05) is 24.3 Å². The quantitative estimate of drug-likeness (QED) is 0.842. The smallest absolute Gasteiger partial charge is 0.228 e. The lowest BCUT2D eigenvalue weighted by molar-refractivity contribution is -0.118. The minimum Gasteiger partial charge on any atom is -0.497 e. The van der Waals surface area contributed by atoms with E-state index in [9.17, 15) is 4.79 Å². The van der Waals surface area contributed by atoms with E-state index >= 15 is 0 Å². The summed E-state index contributed by atoms with van der Waals surface area (Å²) in [6.07, 6.45) is 2.26. The van der Waals surface area contributed by atoms with Gasteiger partial charge in [-0.05, 0) is 30.7 Å². The molecule has 4 heteroatoms. The average Bonchev–Trinajstić information content (AvgIpc) is 2.38. The fraction of sp³-hybridized carbons (Fsp3) is 0.500. The maximum Gasteiger partial charge on any atom is 0.228 e. The molecule has 0 aliphatic rings. The van der Waals surface area contributed by atoms with Gasteiger partial charge in [0.25, 0.3) is 0 Å². The minimum atomic E-state index is -0.0526. The summed E-state index contributed by atoms with van der Waals surface area (Å²) in [5.41, 5.74) is 6.73. The van der Waals surface area contributed by atoms with Crippen molar-refractivity contribution in [2.45, 2.75) is 32.2 Å². The summed E-state index contributed by atoms with van der Waals surface area (Å²) in [6.45, 7) is 2.07. The van der Waals surface area contributed by atoms with E-state index in [4.69, 9.17) is 10.5 Å². The summed E-state index contributed by atoms with van der Waals surface area (Å²) in [5.74, 6) is 0.823. The van der Waals surface area contributed by atoms with Crippen molar-refractivity contribution in [3.05, 3.63) is 24.3 Å². The fourth-order valence-electron chi connectivity index (χ4n) is 1.78. The van der Waals surface area contributed by atoms with Crippen LogP contribution in [0.15, 0.2) is 24.3 Å². The second-order valence-electron chi connectivity index (χ2n) is 4.40. The summed E-state index contributed by atoms with van der Waals surface area (Å²) >= 11 is 0. The lowest BCUT2D eigenvalue weighted by Gasteiger charge is -2.19. The van der Waals surface area contributed by atoms with Gasteiger partial charge in [0.15, 0.2) is 0 Å². The van der Waals surface area contributed by atoms with Gasteiger partial charge in [-0.1, -0.05) is 13.3 Å². The molecule has 1 unspecified atom stereocenters. The van der Waals surface area contributed by atoms with Crippen LogP contribution >= 0.6 is 0 Å². The van der Waals surface area contributed by atoms with Crippen LogP contribution in [0.4, 0.5) is 5.69 Å². The Hall–Kier alpha value is -1.55. The van der Waals surface area contributed by atoms with Gasteiger partial charge in [-0.2, -0.15) is 0 Å². The summed E-state index contributed by atoms with van der Waals surface area (Å²) in [6, 6.07) is 7.35. The Morgan fingerprint density at radius 3 is 2.50 bits per heavy atom. The van der Waals surface area contributed by atoms with E-state index in [0.717, 1.165) is 24.3 Å². The first-order valence-corrected chi connectivity index (χ1v) is 6.24. The van der Waals surface area contributed by atoms with Crippen molar-refractivity contribution in [3.8, 4) is 5.75 Å². The Bertz CT molecular complexity index is 376. The lowest BCUT2D eigenvalue weighted by atomic mass is 10.1. The zero-order valence-corrected chi connectivity index (χ0v) is 11.3. The molecule has 100 valence electrons. The third-order valence-corrected chi connectivity index (χ3v) is 2.93. The summed E-state index contributed by atoms with van der Waals surface area (Å²) in [4.78, 5) is 13.6. The molecule has 0 spiro atoms. The van der Waals surface area contributed by atoms with Crippen molar-refractivity contribution < 1.29 is 9.53 Å². The molecule has 1 aromatic carbocycles. The van der Waals surface area contributed by atoms with Crippen molar-refractivity contribution >= 4 is 11.6 Å². The molecule has 0 aromatic heterocycles. The molecule has 4 nitrogen and oxygen atoms in total. The number of hydrogen-bond donors (Lipinski definition) is 1. The lowest BCUT2D eigenvalue weighted by Crippen LogP contribution is -2.33. The third-order valence-electron chi connectivity index (χ3n) is 2.93. The molecule has 1 amide bonds. The second-order valence-corrected chi connectivity index (χ2v) is 4.40. The Balaban J connectivity index is 2.61. The number of amides is 1. The highest BCUT2D eigenvalue weighted by molar-refractivity contribution is 5.93. The van der Waals surface area contributed by atoms with Crippen molar-refractivity contribution in [3.63, 3.8) is 0 Å². The van der Waals surface area contributed by atoms with Gasteiger partial charge in [0.2, 0.25) is 5.91 Å². The SMILES string of the molecule is CCCC(N)CC(=O)N(C)c1ccc(OC)cc1. The number of ether oxygens (including phenoxy) is 1. The van der Waals surface area contributed by atoms with Crippen LogP contribution in [-0.2, 0) is 4.79 Å². The number of nitrogens with two attached hydrogens (primary N) is 1. The van der Waals surface area contributed by atoms with E-state index in [1.165, 1.54) is 0 Å². The molecule has 2 N–H and O–H groups in total. The molecule has 0 saturated carbocycles. The van der Waals surface area contributed by atoms with E-state index in [1.54, 1.807) is 19.1 Å². The maximum atomic E-state index is 12.0. The molecule has 1 aromatic rings. The molecule has 0 fully saturated rings. The predicted molar refractivity (Wildman–Crippen MR) is 73.9 cm³/mol. The second kappa shape index (κ2) is 7.01. The number of carbonyl (C=O) groups is 1. The molecule has 0 saturated heterocycles. The Morgan fingerprint density at radius 2 is 2.00 bits per heavy atom.